The smallest absolute Gasteiger partial charge is 0.331 e. The standard InChI is InChI=1S/C14H15NO5/c1-17-11-9-13(19-3)12(18-2)8-10(11)4-5-14(16)20-7-6-15/h4-5,8-9H,7H2,1-3H3/b5-4+. The minimum absolute atomic E-state index is 0.285. The molecule has 6 nitrogen and oxygen atoms in total. The maximum Gasteiger partial charge on any atom is 0.331 e. The Kier molecular flexibility index (Phi) is 5.91. The molecule has 0 spiro atoms. The lowest BCUT2D eigenvalue weighted by Crippen LogP contribution is -2.00. The summed E-state index contributed by atoms with van der Waals surface area (Å²) in [7, 11) is 4.54. The van der Waals surface area contributed by atoms with Crippen LogP contribution in [-0.2, 0) is 9.53 Å². The van der Waals surface area contributed by atoms with Gasteiger partial charge in [0.05, 0.1) is 21.3 Å². The lowest BCUT2D eigenvalue weighted by atomic mass is 10.1. The zero-order valence-electron chi connectivity index (χ0n) is 11.5. The number of carbonyl (C=O) groups excluding carboxylic acids is 1. The molecule has 0 heterocycles. The molecule has 0 bridgehead atoms. The van der Waals surface area contributed by atoms with Gasteiger partial charge in [0, 0.05) is 17.7 Å². The Morgan fingerprint density at radius 2 is 1.75 bits per heavy atom. The predicted molar refractivity (Wildman–Crippen MR) is 71.7 cm³/mol. The molecule has 1 rings (SSSR count). The van der Waals surface area contributed by atoms with Gasteiger partial charge in [-0.15, -0.1) is 0 Å². The quantitative estimate of drug-likeness (QED) is 0.582. The molecule has 0 aliphatic rings. The summed E-state index contributed by atoms with van der Waals surface area (Å²) in [5, 5.41) is 8.31. The average molecular weight is 277 g/mol. The van der Waals surface area contributed by atoms with E-state index < -0.39 is 5.97 Å². The second-order valence-electron chi connectivity index (χ2n) is 3.55. The van der Waals surface area contributed by atoms with Crippen molar-refractivity contribution in [2.24, 2.45) is 0 Å². The van der Waals surface area contributed by atoms with Crippen molar-refractivity contribution in [3.8, 4) is 23.3 Å². The lowest BCUT2D eigenvalue weighted by Gasteiger charge is -2.12. The van der Waals surface area contributed by atoms with E-state index in [0.717, 1.165) is 0 Å². The number of ether oxygens (including phenoxy) is 4. The Morgan fingerprint density at radius 1 is 1.15 bits per heavy atom. The number of hydrogen-bond donors (Lipinski definition) is 0. The van der Waals surface area contributed by atoms with E-state index in [-0.39, 0.29) is 6.61 Å². The van der Waals surface area contributed by atoms with Crippen LogP contribution in [0.15, 0.2) is 18.2 Å². The third kappa shape index (κ3) is 3.92. The van der Waals surface area contributed by atoms with E-state index in [1.807, 2.05) is 0 Å². The number of esters is 1. The van der Waals surface area contributed by atoms with Crippen molar-refractivity contribution in [1.82, 2.24) is 0 Å². The van der Waals surface area contributed by atoms with Crippen LogP contribution in [0.4, 0.5) is 0 Å². The van der Waals surface area contributed by atoms with Crippen LogP contribution in [-0.4, -0.2) is 33.9 Å². The molecule has 0 atom stereocenters. The van der Waals surface area contributed by atoms with Gasteiger partial charge >= 0.3 is 5.97 Å². The highest BCUT2D eigenvalue weighted by molar-refractivity contribution is 5.88. The zero-order chi connectivity index (χ0) is 15.0. The molecule has 0 aromatic heterocycles. The van der Waals surface area contributed by atoms with E-state index in [2.05, 4.69) is 4.74 Å². The van der Waals surface area contributed by atoms with Gasteiger partial charge in [0.25, 0.3) is 0 Å². The number of carbonyl (C=O) groups is 1. The molecule has 0 amide bonds. The van der Waals surface area contributed by atoms with Crippen molar-refractivity contribution in [3.63, 3.8) is 0 Å². The van der Waals surface area contributed by atoms with E-state index in [1.165, 1.54) is 33.5 Å². The molecule has 0 radical (unpaired) electrons. The van der Waals surface area contributed by atoms with Crippen LogP contribution in [0.5, 0.6) is 17.2 Å². The molecule has 20 heavy (non-hydrogen) atoms. The Hall–Kier alpha value is -2.68. The third-order valence-corrected chi connectivity index (χ3v) is 2.41. The molecule has 0 saturated heterocycles. The van der Waals surface area contributed by atoms with E-state index >= 15 is 0 Å². The van der Waals surface area contributed by atoms with Gasteiger partial charge in [-0.3, -0.25) is 0 Å². The van der Waals surface area contributed by atoms with Crippen LogP contribution in [0, 0.1) is 11.3 Å². The molecule has 0 fully saturated rings. The fourth-order valence-electron chi connectivity index (χ4n) is 1.49. The normalized spacial score (nSPS) is 9.90. The van der Waals surface area contributed by atoms with Crippen molar-refractivity contribution >= 4 is 12.0 Å². The second-order valence-corrected chi connectivity index (χ2v) is 3.55. The van der Waals surface area contributed by atoms with E-state index in [4.69, 9.17) is 19.5 Å². The van der Waals surface area contributed by atoms with Gasteiger partial charge in [0.2, 0.25) is 0 Å². The van der Waals surface area contributed by atoms with E-state index in [9.17, 15) is 4.79 Å². The van der Waals surface area contributed by atoms with Gasteiger partial charge in [-0.05, 0) is 12.1 Å². The first kappa shape index (κ1) is 15.4. The minimum Gasteiger partial charge on any atom is -0.496 e. The van der Waals surface area contributed by atoms with Crippen molar-refractivity contribution in [1.29, 1.82) is 5.26 Å². The van der Waals surface area contributed by atoms with Gasteiger partial charge in [-0.1, -0.05) is 0 Å². The first-order valence-electron chi connectivity index (χ1n) is 5.68. The fraction of sp³-hybridized carbons (Fsp3) is 0.286. The second kappa shape index (κ2) is 7.69. The Morgan fingerprint density at radius 3 is 2.30 bits per heavy atom. The highest BCUT2D eigenvalue weighted by Crippen LogP contribution is 2.35. The monoisotopic (exact) mass is 277 g/mol. The van der Waals surface area contributed by atoms with Crippen molar-refractivity contribution in [2.45, 2.75) is 0 Å². The lowest BCUT2D eigenvalue weighted by molar-refractivity contribution is -0.136. The molecule has 0 N–H and O–H groups in total. The average Bonchev–Trinajstić information content (AvgIpc) is 2.49. The summed E-state index contributed by atoms with van der Waals surface area (Å²) in [6.07, 6.45) is 2.72. The summed E-state index contributed by atoms with van der Waals surface area (Å²) < 4.78 is 20.1. The SMILES string of the molecule is COc1cc(OC)c(OC)cc1/C=C/C(=O)OCC#N. The van der Waals surface area contributed by atoms with Gasteiger partial charge in [0.15, 0.2) is 18.1 Å². The summed E-state index contributed by atoms with van der Waals surface area (Å²) in [6, 6.07) is 5.04. The summed E-state index contributed by atoms with van der Waals surface area (Å²) >= 11 is 0. The Labute approximate surface area is 117 Å². The Balaban J connectivity index is 3.02. The van der Waals surface area contributed by atoms with Crippen LogP contribution < -0.4 is 14.2 Å². The largest absolute Gasteiger partial charge is 0.496 e. The first-order chi connectivity index (χ1) is 9.65. The van der Waals surface area contributed by atoms with Crippen LogP contribution >= 0.6 is 0 Å². The van der Waals surface area contributed by atoms with Crippen molar-refractivity contribution in [2.75, 3.05) is 27.9 Å². The number of nitriles is 1. The molecular weight excluding hydrogens is 262 g/mol. The molecule has 106 valence electrons. The van der Waals surface area contributed by atoms with Crippen LogP contribution in [0.2, 0.25) is 0 Å². The molecule has 0 saturated carbocycles. The van der Waals surface area contributed by atoms with Gasteiger partial charge in [-0.2, -0.15) is 5.26 Å². The molecule has 0 aliphatic heterocycles. The number of nitrogens with zero attached hydrogens (tertiary/aromatic N) is 1. The highest BCUT2D eigenvalue weighted by Gasteiger charge is 2.10. The summed E-state index contributed by atoms with van der Waals surface area (Å²) in [6.45, 7) is -0.285. The van der Waals surface area contributed by atoms with Crippen molar-refractivity contribution in [3.05, 3.63) is 23.8 Å². The Bertz CT molecular complexity index is 545. The molecule has 0 aliphatic carbocycles. The van der Waals surface area contributed by atoms with Gasteiger partial charge < -0.3 is 18.9 Å². The molecular formula is C14H15NO5. The fourth-order valence-corrected chi connectivity index (χ4v) is 1.49. The maximum absolute atomic E-state index is 11.3. The highest BCUT2D eigenvalue weighted by atomic mass is 16.5. The third-order valence-electron chi connectivity index (χ3n) is 2.41. The topological polar surface area (TPSA) is 77.8 Å². The first-order valence-corrected chi connectivity index (χ1v) is 5.68. The number of methoxy groups -OCH3 is 3. The maximum atomic E-state index is 11.3. The van der Waals surface area contributed by atoms with E-state index in [1.54, 1.807) is 18.2 Å². The predicted octanol–water partition coefficient (Wildman–Crippen LogP) is 1.79. The summed E-state index contributed by atoms with van der Waals surface area (Å²) in [4.78, 5) is 11.3. The number of rotatable bonds is 6. The molecule has 1 aromatic rings. The van der Waals surface area contributed by atoms with Crippen molar-refractivity contribution < 1.29 is 23.7 Å². The van der Waals surface area contributed by atoms with E-state index in [0.29, 0.717) is 22.8 Å². The zero-order valence-corrected chi connectivity index (χ0v) is 11.5. The summed E-state index contributed by atoms with van der Waals surface area (Å²) in [5.41, 5.74) is 0.624. The van der Waals surface area contributed by atoms with Gasteiger partial charge in [0.1, 0.15) is 11.8 Å². The van der Waals surface area contributed by atoms with Crippen LogP contribution in [0.1, 0.15) is 5.56 Å². The summed E-state index contributed by atoms with van der Waals surface area (Å²) in [5.74, 6) is 0.947. The molecule has 0 unspecified atom stereocenters. The van der Waals surface area contributed by atoms with Crippen LogP contribution in [0.25, 0.3) is 6.08 Å². The minimum atomic E-state index is -0.608. The molecule has 6 heteroatoms. The number of benzene rings is 1. The molecule has 1 aromatic carbocycles. The van der Waals surface area contributed by atoms with Crippen LogP contribution in [0.3, 0.4) is 0 Å². The van der Waals surface area contributed by atoms with Gasteiger partial charge in [-0.25, -0.2) is 4.79 Å². The number of hydrogen-bond acceptors (Lipinski definition) is 6.